The maximum Gasteiger partial charge on any atom is 0.251 e. The van der Waals surface area contributed by atoms with E-state index >= 15 is 0 Å². The van der Waals surface area contributed by atoms with Crippen LogP contribution in [-0.2, 0) is 0 Å². The zero-order valence-corrected chi connectivity index (χ0v) is 12.9. The SMILES string of the molecule is CNc1ccc(C(=O)NCC(C)N(C)C2CC2)c(C)c1. The van der Waals surface area contributed by atoms with Gasteiger partial charge in [-0.15, -0.1) is 0 Å². The molecule has 0 bridgehead atoms. The zero-order chi connectivity index (χ0) is 14.7. The molecule has 1 saturated carbocycles. The first kappa shape index (κ1) is 14.9. The molecule has 20 heavy (non-hydrogen) atoms. The van der Waals surface area contributed by atoms with Gasteiger partial charge in [0.25, 0.3) is 5.91 Å². The van der Waals surface area contributed by atoms with Gasteiger partial charge in [-0.2, -0.15) is 0 Å². The number of likely N-dealkylation sites (N-methyl/N-ethyl adjacent to an activating group) is 1. The van der Waals surface area contributed by atoms with Crippen molar-refractivity contribution >= 4 is 11.6 Å². The average Bonchev–Trinajstić information content (AvgIpc) is 3.27. The molecule has 1 aliphatic carbocycles. The minimum absolute atomic E-state index is 0.0150. The summed E-state index contributed by atoms with van der Waals surface area (Å²) in [6.45, 7) is 4.82. The van der Waals surface area contributed by atoms with Gasteiger partial charge in [0.05, 0.1) is 0 Å². The highest BCUT2D eigenvalue weighted by Gasteiger charge is 2.29. The fourth-order valence-electron chi connectivity index (χ4n) is 2.40. The van der Waals surface area contributed by atoms with E-state index in [9.17, 15) is 4.79 Å². The van der Waals surface area contributed by atoms with Crippen molar-refractivity contribution in [1.82, 2.24) is 10.2 Å². The molecule has 0 aliphatic heterocycles. The van der Waals surface area contributed by atoms with Gasteiger partial charge in [-0.05, 0) is 57.5 Å². The van der Waals surface area contributed by atoms with Gasteiger partial charge in [0, 0.05) is 36.9 Å². The Bertz CT molecular complexity index is 483. The van der Waals surface area contributed by atoms with Crippen LogP contribution in [0.1, 0.15) is 35.7 Å². The van der Waals surface area contributed by atoms with E-state index in [0.29, 0.717) is 12.6 Å². The van der Waals surface area contributed by atoms with Crippen LogP contribution >= 0.6 is 0 Å². The first-order chi connectivity index (χ1) is 9.52. The van der Waals surface area contributed by atoms with Crippen molar-refractivity contribution in [3.05, 3.63) is 29.3 Å². The number of carbonyl (C=O) groups excluding carboxylic acids is 1. The lowest BCUT2D eigenvalue weighted by Gasteiger charge is -2.24. The molecular formula is C16H25N3O. The van der Waals surface area contributed by atoms with Crippen molar-refractivity contribution in [3.8, 4) is 0 Å². The maximum absolute atomic E-state index is 12.2. The van der Waals surface area contributed by atoms with Gasteiger partial charge in [0.2, 0.25) is 0 Å². The molecule has 1 aromatic carbocycles. The molecule has 110 valence electrons. The molecule has 0 radical (unpaired) electrons. The van der Waals surface area contributed by atoms with Gasteiger partial charge in [-0.1, -0.05) is 0 Å². The Morgan fingerprint density at radius 1 is 1.45 bits per heavy atom. The molecule has 2 rings (SSSR count). The lowest BCUT2D eigenvalue weighted by molar-refractivity contribution is 0.0939. The third kappa shape index (κ3) is 3.51. The summed E-state index contributed by atoms with van der Waals surface area (Å²) in [5.74, 6) is 0.0150. The van der Waals surface area contributed by atoms with Crippen LogP contribution < -0.4 is 10.6 Å². The van der Waals surface area contributed by atoms with E-state index in [2.05, 4.69) is 29.5 Å². The Labute approximate surface area is 121 Å². The molecule has 0 spiro atoms. The molecule has 0 saturated heterocycles. The quantitative estimate of drug-likeness (QED) is 0.837. The summed E-state index contributed by atoms with van der Waals surface area (Å²) in [4.78, 5) is 14.6. The standard InChI is InChI=1S/C16H25N3O/c1-11-9-13(17-3)5-8-15(11)16(20)18-10-12(2)19(4)14-6-7-14/h5,8-9,12,14,17H,6-7,10H2,1-4H3,(H,18,20). The Morgan fingerprint density at radius 2 is 2.15 bits per heavy atom. The highest BCUT2D eigenvalue weighted by atomic mass is 16.1. The number of hydrogen-bond donors (Lipinski definition) is 2. The fraction of sp³-hybridized carbons (Fsp3) is 0.562. The van der Waals surface area contributed by atoms with Gasteiger partial charge in [0.1, 0.15) is 0 Å². The molecule has 1 fully saturated rings. The van der Waals surface area contributed by atoms with E-state index in [0.717, 1.165) is 22.9 Å². The second-order valence-corrected chi connectivity index (χ2v) is 5.74. The summed E-state index contributed by atoms with van der Waals surface area (Å²) in [5.41, 5.74) is 2.78. The molecule has 1 atom stereocenters. The molecule has 1 amide bonds. The number of aryl methyl sites for hydroxylation is 1. The van der Waals surface area contributed by atoms with Crippen LogP contribution in [0.3, 0.4) is 0 Å². The molecule has 0 heterocycles. The third-order valence-corrected chi connectivity index (χ3v) is 4.14. The summed E-state index contributed by atoms with van der Waals surface area (Å²) >= 11 is 0. The summed E-state index contributed by atoms with van der Waals surface area (Å²) in [6.07, 6.45) is 2.58. The molecular weight excluding hydrogens is 250 g/mol. The normalized spacial score (nSPS) is 16.1. The van der Waals surface area contributed by atoms with Gasteiger partial charge < -0.3 is 10.6 Å². The minimum atomic E-state index is 0.0150. The van der Waals surface area contributed by atoms with Crippen molar-refractivity contribution in [1.29, 1.82) is 0 Å². The number of anilines is 1. The van der Waals surface area contributed by atoms with Gasteiger partial charge in [0.15, 0.2) is 0 Å². The molecule has 1 aliphatic rings. The summed E-state index contributed by atoms with van der Waals surface area (Å²) in [5, 5.41) is 6.12. The number of nitrogens with one attached hydrogen (secondary N) is 2. The Morgan fingerprint density at radius 3 is 2.70 bits per heavy atom. The Balaban J connectivity index is 1.91. The zero-order valence-electron chi connectivity index (χ0n) is 12.9. The van der Waals surface area contributed by atoms with Crippen LogP contribution in [0.2, 0.25) is 0 Å². The van der Waals surface area contributed by atoms with Crippen LogP contribution in [0.15, 0.2) is 18.2 Å². The fourth-order valence-corrected chi connectivity index (χ4v) is 2.40. The van der Waals surface area contributed by atoms with Crippen molar-refractivity contribution in [2.75, 3.05) is 26.0 Å². The second-order valence-electron chi connectivity index (χ2n) is 5.74. The van der Waals surface area contributed by atoms with Crippen LogP contribution in [0, 0.1) is 6.92 Å². The number of amides is 1. The number of hydrogen-bond acceptors (Lipinski definition) is 3. The van der Waals surface area contributed by atoms with E-state index < -0.39 is 0 Å². The smallest absolute Gasteiger partial charge is 0.251 e. The molecule has 4 nitrogen and oxygen atoms in total. The number of rotatable bonds is 6. The highest BCUT2D eigenvalue weighted by molar-refractivity contribution is 5.96. The third-order valence-electron chi connectivity index (χ3n) is 4.14. The summed E-state index contributed by atoms with van der Waals surface area (Å²) in [7, 11) is 4.02. The molecule has 2 N–H and O–H groups in total. The van der Waals surface area contributed by atoms with Crippen LogP contribution in [0.4, 0.5) is 5.69 Å². The van der Waals surface area contributed by atoms with Crippen molar-refractivity contribution in [3.63, 3.8) is 0 Å². The molecule has 4 heteroatoms. The van der Waals surface area contributed by atoms with E-state index in [1.165, 1.54) is 12.8 Å². The largest absolute Gasteiger partial charge is 0.388 e. The first-order valence-electron chi connectivity index (χ1n) is 7.31. The van der Waals surface area contributed by atoms with E-state index in [-0.39, 0.29) is 5.91 Å². The monoisotopic (exact) mass is 275 g/mol. The lowest BCUT2D eigenvalue weighted by atomic mass is 10.1. The predicted molar refractivity (Wildman–Crippen MR) is 83.3 cm³/mol. The first-order valence-corrected chi connectivity index (χ1v) is 7.31. The number of benzene rings is 1. The van der Waals surface area contributed by atoms with Crippen molar-refractivity contribution < 1.29 is 4.79 Å². The van der Waals surface area contributed by atoms with Gasteiger partial charge in [-0.25, -0.2) is 0 Å². The molecule has 1 aromatic rings. The number of carbonyl (C=O) groups is 1. The van der Waals surface area contributed by atoms with Crippen LogP contribution in [-0.4, -0.2) is 43.5 Å². The average molecular weight is 275 g/mol. The van der Waals surface area contributed by atoms with E-state index in [1.807, 2.05) is 32.2 Å². The number of nitrogens with zero attached hydrogens (tertiary/aromatic N) is 1. The molecule has 0 aromatic heterocycles. The van der Waals surface area contributed by atoms with Gasteiger partial charge >= 0.3 is 0 Å². The maximum atomic E-state index is 12.2. The van der Waals surface area contributed by atoms with Crippen LogP contribution in [0.25, 0.3) is 0 Å². The summed E-state index contributed by atoms with van der Waals surface area (Å²) in [6, 6.07) is 6.91. The van der Waals surface area contributed by atoms with Crippen molar-refractivity contribution in [2.24, 2.45) is 0 Å². The minimum Gasteiger partial charge on any atom is -0.388 e. The molecule has 1 unspecified atom stereocenters. The van der Waals surface area contributed by atoms with Gasteiger partial charge in [-0.3, -0.25) is 9.69 Å². The predicted octanol–water partition coefficient (Wildman–Crippen LogP) is 2.25. The lowest BCUT2D eigenvalue weighted by Crippen LogP contribution is -2.41. The Kier molecular flexibility index (Phi) is 4.65. The van der Waals surface area contributed by atoms with E-state index in [1.54, 1.807) is 0 Å². The van der Waals surface area contributed by atoms with E-state index in [4.69, 9.17) is 0 Å². The Hall–Kier alpha value is -1.55. The second kappa shape index (κ2) is 6.27. The van der Waals surface area contributed by atoms with Crippen LogP contribution in [0.5, 0.6) is 0 Å². The summed E-state index contributed by atoms with van der Waals surface area (Å²) < 4.78 is 0. The van der Waals surface area contributed by atoms with Crippen molar-refractivity contribution in [2.45, 2.75) is 38.8 Å². The highest BCUT2D eigenvalue weighted by Crippen LogP contribution is 2.26. The topological polar surface area (TPSA) is 44.4 Å².